The fourth-order valence-corrected chi connectivity index (χ4v) is 6.62. The molecule has 6 bridgehead atoms. The minimum Gasteiger partial charge on any atom is -0.490 e. The van der Waals surface area contributed by atoms with Crippen LogP contribution in [0.15, 0.2) is 54.6 Å². The highest BCUT2D eigenvalue weighted by Gasteiger charge is 2.38. The van der Waals surface area contributed by atoms with Crippen molar-refractivity contribution in [3.8, 4) is 28.1 Å². The van der Waals surface area contributed by atoms with Gasteiger partial charge in [0.15, 0.2) is 11.8 Å². The summed E-state index contributed by atoms with van der Waals surface area (Å²) in [5.41, 5.74) is 3.98. The molecule has 2 atom stereocenters. The highest BCUT2D eigenvalue weighted by Crippen LogP contribution is 2.40. The van der Waals surface area contributed by atoms with Crippen LogP contribution in [0.25, 0.3) is 28.0 Å². The Hall–Kier alpha value is -4.28. The number of aryl methyl sites for hydroxylation is 2. The predicted molar refractivity (Wildman–Crippen MR) is 189 cm³/mol. The Kier molecular flexibility index (Phi) is 9.57. The predicted octanol–water partition coefficient (Wildman–Crippen LogP) is 7.95. The molecule has 0 unspecified atom stereocenters. The first-order valence-electron chi connectivity index (χ1n) is 17.0. The zero-order chi connectivity index (χ0) is 35.1. The standard InChI is InChI=1S/C39H47FN4O5/c1-24-15-16-30-33(34(24)40)28-14-11-13-27(22-28)29-23-31-41-26(3)32(35(37(45)46-8)49-38(4,5)6)36(44(31)42-29)43-19-17-39(7,18-20-43)47-21-10-9-12-25(2)48-30/h9-11,13-16,22-23,25,35H,12,17-21H2,1-8H3/t25-,35-/m0/s1. The number of aromatic nitrogens is 3. The van der Waals surface area contributed by atoms with E-state index in [1.165, 1.54) is 7.11 Å². The average molecular weight is 671 g/mol. The first kappa shape index (κ1) is 34.6. The summed E-state index contributed by atoms with van der Waals surface area (Å²) in [7, 11) is 1.37. The highest BCUT2D eigenvalue weighted by molar-refractivity contribution is 5.81. The molecule has 0 N–H and O–H groups in total. The number of hydrogen-bond acceptors (Lipinski definition) is 8. The number of anilines is 1. The maximum Gasteiger partial charge on any atom is 0.339 e. The van der Waals surface area contributed by atoms with Crippen molar-refractivity contribution in [2.45, 2.75) is 91.1 Å². The molecule has 1 fully saturated rings. The van der Waals surface area contributed by atoms with Crippen LogP contribution in [0.1, 0.15) is 76.8 Å². The van der Waals surface area contributed by atoms with Crippen molar-refractivity contribution in [2.24, 2.45) is 0 Å². The van der Waals surface area contributed by atoms with Crippen molar-refractivity contribution < 1.29 is 28.1 Å². The Bertz CT molecular complexity index is 1890. The fourth-order valence-electron chi connectivity index (χ4n) is 6.62. The van der Waals surface area contributed by atoms with Gasteiger partial charge in [-0.05, 0) is 84.6 Å². The summed E-state index contributed by atoms with van der Waals surface area (Å²) in [6.45, 7) is 15.3. The number of carbonyl (C=O) groups excluding carboxylic acids is 1. The Morgan fingerprint density at radius 3 is 2.53 bits per heavy atom. The van der Waals surface area contributed by atoms with Crippen molar-refractivity contribution in [3.05, 3.63) is 77.3 Å². The monoisotopic (exact) mass is 670 g/mol. The summed E-state index contributed by atoms with van der Waals surface area (Å²) in [6, 6.07) is 13.2. The zero-order valence-corrected chi connectivity index (χ0v) is 29.8. The second-order valence-electron chi connectivity index (χ2n) is 14.4. The van der Waals surface area contributed by atoms with E-state index in [1.807, 2.05) is 77.1 Å². The van der Waals surface area contributed by atoms with Crippen LogP contribution in [-0.2, 0) is 19.0 Å². The molecule has 0 radical (unpaired) electrons. The molecule has 10 heteroatoms. The van der Waals surface area contributed by atoms with Gasteiger partial charge in [0.05, 0.1) is 47.8 Å². The molecule has 49 heavy (non-hydrogen) atoms. The van der Waals surface area contributed by atoms with Crippen LogP contribution in [0.3, 0.4) is 0 Å². The number of esters is 1. The number of benzene rings is 2. The van der Waals surface area contributed by atoms with Crippen molar-refractivity contribution >= 4 is 17.4 Å². The second kappa shape index (κ2) is 13.6. The van der Waals surface area contributed by atoms with Crippen molar-refractivity contribution in [1.29, 1.82) is 0 Å². The first-order valence-corrected chi connectivity index (χ1v) is 17.0. The average Bonchev–Trinajstić information content (AvgIpc) is 3.48. The van der Waals surface area contributed by atoms with E-state index in [0.29, 0.717) is 71.2 Å². The Morgan fingerprint density at radius 1 is 1.08 bits per heavy atom. The van der Waals surface area contributed by atoms with E-state index in [1.54, 1.807) is 17.5 Å². The number of ether oxygens (including phenoxy) is 4. The Balaban J connectivity index is 1.57. The molecule has 0 spiro atoms. The third kappa shape index (κ3) is 7.21. The molecule has 0 aliphatic carbocycles. The lowest BCUT2D eigenvalue weighted by Crippen LogP contribution is -2.45. The topological polar surface area (TPSA) is 87.4 Å². The molecule has 260 valence electrons. The number of nitrogens with zero attached hydrogens (tertiary/aromatic N) is 4. The van der Waals surface area contributed by atoms with Gasteiger partial charge < -0.3 is 23.8 Å². The molecule has 9 nitrogen and oxygen atoms in total. The lowest BCUT2D eigenvalue weighted by molar-refractivity contribution is -0.164. The minimum atomic E-state index is -1.03. The number of fused-ring (bicyclic) bond motifs is 7. The molecule has 5 heterocycles. The molecular formula is C39H47FN4O5. The van der Waals surface area contributed by atoms with Gasteiger partial charge in [0.1, 0.15) is 17.4 Å². The van der Waals surface area contributed by atoms with E-state index in [4.69, 9.17) is 29.0 Å². The van der Waals surface area contributed by atoms with Crippen LogP contribution in [0.4, 0.5) is 10.2 Å². The van der Waals surface area contributed by atoms with Crippen molar-refractivity contribution in [3.63, 3.8) is 0 Å². The maximum absolute atomic E-state index is 15.9. The molecule has 1 saturated heterocycles. The molecule has 0 amide bonds. The molecule has 3 aliphatic heterocycles. The Morgan fingerprint density at radius 2 is 1.82 bits per heavy atom. The molecule has 2 aromatic carbocycles. The quantitative estimate of drug-likeness (QED) is 0.160. The SMILES string of the molecule is COC(=O)[C@@H](OC(C)(C)C)c1c(C)nc2cc3nn2c1N1CCC(C)(CC1)OCC=CC[C@H](C)Oc1ccc(C)c(F)c1-c1cccc-3c1. The van der Waals surface area contributed by atoms with Gasteiger partial charge in [0.2, 0.25) is 0 Å². The largest absolute Gasteiger partial charge is 0.490 e. The van der Waals surface area contributed by atoms with Crippen LogP contribution in [0.2, 0.25) is 0 Å². The molecule has 4 aromatic rings. The smallest absolute Gasteiger partial charge is 0.339 e. The Labute approximate surface area is 288 Å². The van der Waals surface area contributed by atoms with E-state index >= 15 is 4.39 Å². The van der Waals surface area contributed by atoms with Gasteiger partial charge in [-0.25, -0.2) is 14.2 Å². The number of halogens is 1. The lowest BCUT2D eigenvalue weighted by Gasteiger charge is -2.41. The van der Waals surface area contributed by atoms with Gasteiger partial charge in [-0.3, -0.25) is 0 Å². The van der Waals surface area contributed by atoms with Gasteiger partial charge in [-0.1, -0.05) is 36.4 Å². The molecule has 0 saturated carbocycles. The van der Waals surface area contributed by atoms with E-state index < -0.39 is 17.7 Å². The highest BCUT2D eigenvalue weighted by atomic mass is 19.1. The molecule has 2 aromatic heterocycles. The number of carbonyl (C=O) groups is 1. The third-order valence-corrected chi connectivity index (χ3v) is 9.31. The van der Waals surface area contributed by atoms with Crippen molar-refractivity contribution in [2.75, 3.05) is 31.7 Å². The van der Waals surface area contributed by atoms with Gasteiger partial charge >= 0.3 is 5.97 Å². The van der Waals surface area contributed by atoms with Crippen LogP contribution in [-0.4, -0.2) is 64.7 Å². The van der Waals surface area contributed by atoms with Crippen LogP contribution >= 0.6 is 0 Å². The van der Waals surface area contributed by atoms with E-state index in [0.717, 1.165) is 24.2 Å². The van der Waals surface area contributed by atoms with Gasteiger partial charge in [0, 0.05) is 36.8 Å². The molecule has 3 aliphatic rings. The third-order valence-electron chi connectivity index (χ3n) is 9.31. The van der Waals surface area contributed by atoms with E-state index in [9.17, 15) is 4.79 Å². The number of hydrogen-bond donors (Lipinski definition) is 0. The number of piperidine rings is 1. The summed E-state index contributed by atoms with van der Waals surface area (Å²) in [5.74, 6) is 0.384. The lowest BCUT2D eigenvalue weighted by atomic mass is 9.92. The number of rotatable bonds is 3. The van der Waals surface area contributed by atoms with E-state index in [2.05, 4.69) is 17.9 Å². The zero-order valence-electron chi connectivity index (χ0n) is 29.8. The minimum absolute atomic E-state index is 0.179. The second-order valence-corrected chi connectivity index (χ2v) is 14.4. The summed E-state index contributed by atoms with van der Waals surface area (Å²) >= 11 is 0. The van der Waals surface area contributed by atoms with Crippen LogP contribution in [0, 0.1) is 19.7 Å². The molecular weight excluding hydrogens is 623 g/mol. The van der Waals surface area contributed by atoms with Crippen LogP contribution in [0.5, 0.6) is 5.75 Å². The summed E-state index contributed by atoms with van der Waals surface area (Å²) in [4.78, 5) is 20.6. The normalized spacial score (nSPS) is 20.6. The summed E-state index contributed by atoms with van der Waals surface area (Å²) in [6.07, 6.45) is 5.07. The first-order chi connectivity index (χ1) is 23.3. The van der Waals surface area contributed by atoms with Crippen molar-refractivity contribution in [1.82, 2.24) is 14.6 Å². The number of methoxy groups -OCH3 is 1. The molecule has 7 rings (SSSR count). The van der Waals surface area contributed by atoms with E-state index in [-0.39, 0.29) is 17.5 Å². The maximum atomic E-state index is 15.9. The summed E-state index contributed by atoms with van der Waals surface area (Å²) in [5, 5.41) is 5.10. The summed E-state index contributed by atoms with van der Waals surface area (Å²) < 4.78 is 42.2. The van der Waals surface area contributed by atoms with Gasteiger partial charge in [0.25, 0.3) is 0 Å². The van der Waals surface area contributed by atoms with Gasteiger partial charge in [-0.15, -0.1) is 0 Å². The van der Waals surface area contributed by atoms with Crippen LogP contribution < -0.4 is 9.64 Å². The fraction of sp³-hybridized carbons (Fsp3) is 0.462. The van der Waals surface area contributed by atoms with Gasteiger partial charge in [-0.2, -0.15) is 9.61 Å².